The number of hydrogen-bond acceptors (Lipinski definition) is 7. The van der Waals surface area contributed by atoms with Crippen molar-refractivity contribution >= 4 is 40.7 Å². The smallest absolute Gasteiger partial charge is 0.230 e. The van der Waals surface area contributed by atoms with Gasteiger partial charge < -0.3 is 26.2 Å². The molecule has 0 aromatic heterocycles. The van der Waals surface area contributed by atoms with Gasteiger partial charge in [-0.2, -0.15) is 4.99 Å². The average molecular weight is 462 g/mol. The van der Waals surface area contributed by atoms with Crippen molar-refractivity contribution in [2.75, 3.05) is 48.3 Å². The molecule has 9 heteroatoms. The molecule has 1 saturated heterocycles. The molecule has 0 spiro atoms. The summed E-state index contributed by atoms with van der Waals surface area (Å²) < 4.78 is 0. The number of nitrogens with zero attached hydrogens (tertiary/aromatic N) is 4. The summed E-state index contributed by atoms with van der Waals surface area (Å²) in [6.07, 6.45) is 0. The van der Waals surface area contributed by atoms with E-state index >= 15 is 0 Å². The number of anilines is 3. The van der Waals surface area contributed by atoms with Gasteiger partial charge in [-0.25, -0.2) is 4.99 Å². The fourth-order valence-electron chi connectivity index (χ4n) is 4.26. The molecule has 4 rings (SSSR count). The molecule has 0 bridgehead atoms. The number of rotatable bonds is 4. The fraction of sp³-hybridized carbons (Fsp3) is 0.360. The quantitative estimate of drug-likeness (QED) is 0.647. The Labute approximate surface area is 199 Å². The Balaban J connectivity index is 1.44. The number of carbonyl (C=O) groups is 2. The van der Waals surface area contributed by atoms with E-state index in [-0.39, 0.29) is 12.5 Å². The van der Waals surface area contributed by atoms with Crippen LogP contribution >= 0.6 is 0 Å². The summed E-state index contributed by atoms with van der Waals surface area (Å²) in [5.74, 6) is -0.0461. The van der Waals surface area contributed by atoms with Crippen molar-refractivity contribution in [1.82, 2.24) is 4.90 Å². The van der Waals surface area contributed by atoms with Gasteiger partial charge in [-0.05, 0) is 61.4 Å². The number of piperazine rings is 1. The predicted octanol–water partition coefficient (Wildman–Crippen LogP) is 2.37. The number of benzene rings is 2. The van der Waals surface area contributed by atoms with Crippen molar-refractivity contribution in [3.05, 3.63) is 53.6 Å². The third-order valence-corrected chi connectivity index (χ3v) is 6.03. The largest absolute Gasteiger partial charge is 0.369 e. The van der Waals surface area contributed by atoms with E-state index in [4.69, 9.17) is 5.73 Å². The molecule has 1 atom stereocenters. The number of primary amides is 1. The van der Waals surface area contributed by atoms with Crippen molar-refractivity contribution in [3.63, 3.8) is 0 Å². The molecule has 1 fully saturated rings. The second-order valence-corrected chi connectivity index (χ2v) is 8.78. The summed E-state index contributed by atoms with van der Waals surface area (Å²) in [6.45, 7) is 8.97. The Morgan fingerprint density at radius 2 is 1.59 bits per heavy atom. The number of nitrogens with two attached hydrogens (primary N) is 1. The van der Waals surface area contributed by atoms with Crippen molar-refractivity contribution in [1.29, 1.82) is 0 Å². The van der Waals surface area contributed by atoms with E-state index in [1.54, 1.807) is 6.92 Å². The molecule has 0 radical (unpaired) electrons. The third kappa shape index (κ3) is 5.54. The molecular formula is C25H31N7O2. The minimum absolute atomic E-state index is 0.123. The second kappa shape index (κ2) is 9.94. The SMILES string of the molecule is CC(=O)N1CCN(c2ccc(NC3=NCC(C(N)=O)C(Nc4cc(C)cc(C)c4)=N3)cc2)CC1. The summed E-state index contributed by atoms with van der Waals surface area (Å²) in [7, 11) is 0. The van der Waals surface area contributed by atoms with E-state index in [2.05, 4.69) is 31.6 Å². The van der Waals surface area contributed by atoms with Gasteiger partial charge in [0.25, 0.3) is 0 Å². The van der Waals surface area contributed by atoms with Crippen molar-refractivity contribution in [2.24, 2.45) is 21.6 Å². The number of amides is 2. The monoisotopic (exact) mass is 461 g/mol. The molecule has 34 heavy (non-hydrogen) atoms. The maximum absolute atomic E-state index is 12.0. The van der Waals surface area contributed by atoms with Gasteiger partial charge >= 0.3 is 0 Å². The lowest BCUT2D eigenvalue weighted by Gasteiger charge is -2.35. The summed E-state index contributed by atoms with van der Waals surface area (Å²) in [6, 6.07) is 14.1. The molecule has 0 aliphatic carbocycles. The lowest BCUT2D eigenvalue weighted by atomic mass is 10.1. The number of aliphatic imine (C=N–C) groups is 2. The van der Waals surface area contributed by atoms with Crippen LogP contribution in [-0.2, 0) is 9.59 Å². The molecule has 178 valence electrons. The Morgan fingerprint density at radius 1 is 0.941 bits per heavy atom. The Kier molecular flexibility index (Phi) is 6.81. The van der Waals surface area contributed by atoms with Crippen LogP contribution in [0.5, 0.6) is 0 Å². The van der Waals surface area contributed by atoms with Gasteiger partial charge in [-0.3, -0.25) is 9.59 Å². The number of aryl methyl sites for hydroxylation is 2. The normalized spacial score (nSPS) is 18.1. The number of carbonyl (C=O) groups excluding carboxylic acids is 2. The molecule has 2 aromatic carbocycles. The molecule has 9 nitrogen and oxygen atoms in total. The summed E-state index contributed by atoms with van der Waals surface area (Å²) in [5.41, 5.74) is 10.6. The first-order valence-corrected chi connectivity index (χ1v) is 11.4. The minimum Gasteiger partial charge on any atom is -0.369 e. The highest BCUT2D eigenvalue weighted by molar-refractivity contribution is 6.16. The van der Waals surface area contributed by atoms with E-state index in [0.29, 0.717) is 11.8 Å². The topological polar surface area (TPSA) is 115 Å². The number of hydrogen-bond donors (Lipinski definition) is 3. The summed E-state index contributed by atoms with van der Waals surface area (Å²) >= 11 is 0. The molecule has 2 aromatic rings. The standard InChI is InChI=1S/C25H31N7O2/c1-16-12-17(2)14-20(13-16)28-24-22(23(26)34)15-27-25(30-24)29-19-4-6-21(7-5-19)32-10-8-31(9-11-32)18(3)33/h4-7,12-14,22H,8-11,15H2,1-3H3,(H2,26,34)(H2,27,28,29,30). The Morgan fingerprint density at radius 3 is 2.18 bits per heavy atom. The van der Waals surface area contributed by atoms with Gasteiger partial charge in [0.2, 0.25) is 17.8 Å². The third-order valence-electron chi connectivity index (χ3n) is 6.03. The van der Waals surface area contributed by atoms with Gasteiger partial charge in [-0.1, -0.05) is 6.07 Å². The highest BCUT2D eigenvalue weighted by atomic mass is 16.2. The fourth-order valence-corrected chi connectivity index (χ4v) is 4.26. The number of nitrogens with one attached hydrogen (secondary N) is 2. The minimum atomic E-state index is -0.609. The van der Waals surface area contributed by atoms with E-state index in [9.17, 15) is 9.59 Å². The summed E-state index contributed by atoms with van der Waals surface area (Å²) in [5, 5.41) is 6.50. The van der Waals surface area contributed by atoms with Gasteiger partial charge in [0, 0.05) is 50.2 Å². The summed E-state index contributed by atoms with van der Waals surface area (Å²) in [4.78, 5) is 36.6. The van der Waals surface area contributed by atoms with Crippen LogP contribution in [0.15, 0.2) is 52.4 Å². The maximum Gasteiger partial charge on any atom is 0.230 e. The van der Waals surface area contributed by atoms with Crippen LogP contribution in [0.3, 0.4) is 0 Å². The molecule has 2 heterocycles. The van der Waals surface area contributed by atoms with E-state index < -0.39 is 11.8 Å². The van der Waals surface area contributed by atoms with Gasteiger partial charge in [0.05, 0.1) is 6.54 Å². The molecule has 4 N–H and O–H groups in total. The van der Waals surface area contributed by atoms with E-state index in [1.807, 2.05) is 55.1 Å². The lowest BCUT2D eigenvalue weighted by Crippen LogP contribution is -2.48. The first kappa shape index (κ1) is 23.3. The zero-order valence-corrected chi connectivity index (χ0v) is 19.8. The van der Waals surface area contributed by atoms with Crippen LogP contribution in [0.4, 0.5) is 17.1 Å². The van der Waals surface area contributed by atoms with E-state index in [1.165, 1.54) is 0 Å². The number of amidine groups is 1. The Bertz CT molecular complexity index is 1110. The molecule has 2 amide bonds. The maximum atomic E-state index is 12.0. The van der Waals surface area contributed by atoms with Gasteiger partial charge in [0.15, 0.2) is 0 Å². The predicted molar refractivity (Wildman–Crippen MR) is 136 cm³/mol. The van der Waals surface area contributed by atoms with Crippen molar-refractivity contribution in [3.8, 4) is 0 Å². The van der Waals surface area contributed by atoms with Crippen LogP contribution in [0, 0.1) is 19.8 Å². The van der Waals surface area contributed by atoms with Crippen LogP contribution in [0.1, 0.15) is 18.1 Å². The van der Waals surface area contributed by atoms with E-state index in [0.717, 1.165) is 54.4 Å². The zero-order chi connectivity index (χ0) is 24.2. The highest BCUT2D eigenvalue weighted by Gasteiger charge is 2.26. The molecule has 2 aliphatic rings. The second-order valence-electron chi connectivity index (χ2n) is 8.78. The number of guanidine groups is 1. The van der Waals surface area contributed by atoms with Crippen molar-refractivity contribution in [2.45, 2.75) is 20.8 Å². The van der Waals surface area contributed by atoms with Crippen LogP contribution in [0.25, 0.3) is 0 Å². The van der Waals surface area contributed by atoms with Crippen molar-refractivity contribution < 1.29 is 9.59 Å². The lowest BCUT2D eigenvalue weighted by molar-refractivity contribution is -0.129. The molecular weight excluding hydrogens is 430 g/mol. The molecule has 1 unspecified atom stereocenters. The highest BCUT2D eigenvalue weighted by Crippen LogP contribution is 2.21. The zero-order valence-electron chi connectivity index (χ0n) is 19.8. The van der Waals surface area contributed by atoms with Crippen LogP contribution in [-0.4, -0.2) is 61.2 Å². The molecule has 2 aliphatic heterocycles. The van der Waals surface area contributed by atoms with Crippen LogP contribution in [0.2, 0.25) is 0 Å². The van der Waals surface area contributed by atoms with Gasteiger partial charge in [-0.15, -0.1) is 0 Å². The average Bonchev–Trinajstić information content (AvgIpc) is 2.79. The Hall–Kier alpha value is -3.88. The van der Waals surface area contributed by atoms with Crippen LogP contribution < -0.4 is 21.3 Å². The van der Waals surface area contributed by atoms with Gasteiger partial charge in [0.1, 0.15) is 11.8 Å². The molecule has 0 saturated carbocycles. The first-order chi connectivity index (χ1) is 16.3. The first-order valence-electron chi connectivity index (χ1n) is 11.4.